The van der Waals surface area contributed by atoms with Crippen molar-refractivity contribution in [3.05, 3.63) is 24.2 Å². The van der Waals surface area contributed by atoms with E-state index < -0.39 is 5.60 Å². The third-order valence-electron chi connectivity index (χ3n) is 2.64. The molecule has 0 amide bonds. The molecule has 0 saturated carbocycles. The smallest absolute Gasteiger partial charge is 0.136 e. The summed E-state index contributed by atoms with van der Waals surface area (Å²) in [5.41, 5.74) is -0.989. The molecule has 0 aromatic carbocycles. The summed E-state index contributed by atoms with van der Waals surface area (Å²) in [6.45, 7) is 4.40. The molecular formula is C12H21NO3. The minimum atomic E-state index is -0.989. The van der Waals surface area contributed by atoms with Crippen LogP contribution in [0.15, 0.2) is 22.8 Å². The summed E-state index contributed by atoms with van der Waals surface area (Å²) < 4.78 is 5.18. The van der Waals surface area contributed by atoms with Crippen LogP contribution in [0.4, 0.5) is 0 Å². The van der Waals surface area contributed by atoms with Crippen molar-refractivity contribution in [2.75, 3.05) is 13.2 Å². The fraction of sp³-hybridized carbons (Fsp3) is 0.667. The number of nitrogens with one attached hydrogen (secondary N) is 1. The van der Waals surface area contributed by atoms with E-state index in [1.165, 1.54) is 0 Å². The standard InChI is InChI=1S/C12H21NO3/c1-10(5-3-7-14)13-9-12(2,15)11-6-4-8-16-11/h4,6,8,10,13-15H,3,5,7,9H2,1-2H3. The number of aliphatic hydroxyl groups excluding tert-OH is 1. The molecule has 0 bridgehead atoms. The van der Waals surface area contributed by atoms with Crippen LogP contribution >= 0.6 is 0 Å². The second-order valence-corrected chi connectivity index (χ2v) is 4.40. The van der Waals surface area contributed by atoms with Crippen LogP contribution in [0.5, 0.6) is 0 Å². The first-order chi connectivity index (χ1) is 7.56. The van der Waals surface area contributed by atoms with Gasteiger partial charge in [0.2, 0.25) is 0 Å². The summed E-state index contributed by atoms with van der Waals surface area (Å²) in [6, 6.07) is 3.80. The van der Waals surface area contributed by atoms with Gasteiger partial charge in [-0.3, -0.25) is 0 Å². The van der Waals surface area contributed by atoms with Crippen LogP contribution in [0.25, 0.3) is 0 Å². The molecule has 0 fully saturated rings. The van der Waals surface area contributed by atoms with E-state index >= 15 is 0 Å². The van der Waals surface area contributed by atoms with Crippen LogP contribution in [0, 0.1) is 0 Å². The number of aliphatic hydroxyl groups is 2. The normalized spacial score (nSPS) is 17.0. The Morgan fingerprint density at radius 3 is 2.88 bits per heavy atom. The quantitative estimate of drug-likeness (QED) is 0.655. The number of hydrogen-bond acceptors (Lipinski definition) is 4. The number of rotatable bonds is 7. The maximum atomic E-state index is 10.1. The fourth-order valence-electron chi connectivity index (χ4n) is 1.54. The summed E-state index contributed by atoms with van der Waals surface area (Å²) in [5, 5.41) is 22.1. The van der Waals surface area contributed by atoms with Crippen LogP contribution in [0.3, 0.4) is 0 Å². The maximum Gasteiger partial charge on any atom is 0.136 e. The molecule has 4 heteroatoms. The lowest BCUT2D eigenvalue weighted by atomic mass is 10.0. The van der Waals surface area contributed by atoms with E-state index in [4.69, 9.17) is 9.52 Å². The highest BCUT2D eigenvalue weighted by Crippen LogP contribution is 2.20. The van der Waals surface area contributed by atoms with Crippen molar-refractivity contribution in [1.82, 2.24) is 5.32 Å². The Morgan fingerprint density at radius 1 is 1.56 bits per heavy atom. The van der Waals surface area contributed by atoms with Crippen LogP contribution in [-0.4, -0.2) is 29.4 Å². The summed E-state index contributed by atoms with van der Waals surface area (Å²) >= 11 is 0. The van der Waals surface area contributed by atoms with Gasteiger partial charge in [0.05, 0.1) is 6.26 Å². The first kappa shape index (κ1) is 13.2. The molecule has 4 nitrogen and oxygen atoms in total. The molecule has 1 aromatic rings. The molecule has 0 spiro atoms. The SMILES string of the molecule is CC(CCCO)NCC(C)(O)c1ccco1. The highest BCUT2D eigenvalue weighted by atomic mass is 16.4. The molecule has 2 unspecified atom stereocenters. The van der Waals surface area contributed by atoms with Gasteiger partial charge in [0.1, 0.15) is 11.4 Å². The van der Waals surface area contributed by atoms with Crippen LogP contribution in [-0.2, 0) is 5.60 Å². The van der Waals surface area contributed by atoms with E-state index in [0.29, 0.717) is 12.3 Å². The largest absolute Gasteiger partial charge is 0.466 e. The van der Waals surface area contributed by atoms with Crippen molar-refractivity contribution >= 4 is 0 Å². The van der Waals surface area contributed by atoms with Crippen molar-refractivity contribution in [1.29, 1.82) is 0 Å². The van der Waals surface area contributed by atoms with Gasteiger partial charge in [0.15, 0.2) is 0 Å². The summed E-state index contributed by atoms with van der Waals surface area (Å²) in [7, 11) is 0. The Hall–Kier alpha value is -0.840. The Labute approximate surface area is 96.3 Å². The lowest BCUT2D eigenvalue weighted by molar-refractivity contribution is 0.0316. The Morgan fingerprint density at radius 2 is 2.31 bits per heavy atom. The number of hydrogen-bond donors (Lipinski definition) is 3. The monoisotopic (exact) mass is 227 g/mol. The summed E-state index contributed by atoms with van der Waals surface area (Å²) in [6.07, 6.45) is 3.22. The minimum Gasteiger partial charge on any atom is -0.466 e. The van der Waals surface area contributed by atoms with E-state index in [1.807, 2.05) is 6.92 Å². The Kier molecular flexibility index (Phi) is 4.99. The van der Waals surface area contributed by atoms with E-state index in [0.717, 1.165) is 12.8 Å². The van der Waals surface area contributed by atoms with E-state index in [-0.39, 0.29) is 12.6 Å². The zero-order valence-electron chi connectivity index (χ0n) is 9.94. The molecule has 0 saturated heterocycles. The Bertz CT molecular complexity index is 282. The molecule has 2 atom stereocenters. The van der Waals surface area contributed by atoms with Gasteiger partial charge < -0.3 is 19.9 Å². The molecule has 0 radical (unpaired) electrons. The van der Waals surface area contributed by atoms with Gasteiger partial charge in [0.25, 0.3) is 0 Å². The van der Waals surface area contributed by atoms with Crippen LogP contribution < -0.4 is 5.32 Å². The van der Waals surface area contributed by atoms with E-state index in [1.54, 1.807) is 25.3 Å². The topological polar surface area (TPSA) is 65.6 Å². The molecule has 0 aliphatic carbocycles. The van der Waals surface area contributed by atoms with Crippen molar-refractivity contribution in [3.63, 3.8) is 0 Å². The highest BCUT2D eigenvalue weighted by Gasteiger charge is 2.26. The van der Waals surface area contributed by atoms with Gasteiger partial charge in [-0.2, -0.15) is 0 Å². The molecule has 1 heterocycles. The van der Waals surface area contributed by atoms with Crippen molar-refractivity contribution in [2.24, 2.45) is 0 Å². The predicted molar refractivity (Wildman–Crippen MR) is 62.1 cm³/mol. The molecule has 92 valence electrons. The molecule has 1 rings (SSSR count). The molecule has 0 aliphatic rings. The highest BCUT2D eigenvalue weighted by molar-refractivity contribution is 5.08. The molecule has 3 N–H and O–H groups in total. The summed E-state index contributed by atoms with van der Waals surface area (Å²) in [5.74, 6) is 0.564. The predicted octanol–water partition coefficient (Wildman–Crippen LogP) is 1.24. The van der Waals surface area contributed by atoms with Crippen molar-refractivity contribution in [2.45, 2.75) is 38.3 Å². The third-order valence-corrected chi connectivity index (χ3v) is 2.64. The van der Waals surface area contributed by atoms with Crippen LogP contribution in [0.2, 0.25) is 0 Å². The zero-order valence-corrected chi connectivity index (χ0v) is 9.94. The maximum absolute atomic E-state index is 10.1. The van der Waals surface area contributed by atoms with Gasteiger partial charge in [-0.25, -0.2) is 0 Å². The van der Waals surface area contributed by atoms with Gasteiger partial charge in [-0.05, 0) is 38.8 Å². The van der Waals surface area contributed by atoms with E-state index in [9.17, 15) is 5.11 Å². The first-order valence-electron chi connectivity index (χ1n) is 5.67. The van der Waals surface area contributed by atoms with Gasteiger partial charge in [0, 0.05) is 19.2 Å². The molecule has 16 heavy (non-hydrogen) atoms. The minimum absolute atomic E-state index is 0.209. The molecule has 0 aliphatic heterocycles. The fourth-order valence-corrected chi connectivity index (χ4v) is 1.54. The summed E-state index contributed by atoms with van der Waals surface area (Å²) in [4.78, 5) is 0. The van der Waals surface area contributed by atoms with Gasteiger partial charge in [-0.1, -0.05) is 0 Å². The third kappa shape index (κ3) is 3.96. The Balaban J connectivity index is 2.36. The average molecular weight is 227 g/mol. The zero-order chi connectivity index (χ0) is 12.0. The first-order valence-corrected chi connectivity index (χ1v) is 5.67. The van der Waals surface area contributed by atoms with Crippen LogP contribution in [0.1, 0.15) is 32.4 Å². The van der Waals surface area contributed by atoms with Crippen molar-refractivity contribution < 1.29 is 14.6 Å². The second-order valence-electron chi connectivity index (χ2n) is 4.40. The lowest BCUT2D eigenvalue weighted by Crippen LogP contribution is -2.39. The molecule has 1 aromatic heterocycles. The van der Waals surface area contributed by atoms with E-state index in [2.05, 4.69) is 5.32 Å². The number of furan rings is 1. The molecular weight excluding hydrogens is 206 g/mol. The van der Waals surface area contributed by atoms with Gasteiger partial charge in [-0.15, -0.1) is 0 Å². The van der Waals surface area contributed by atoms with Crippen molar-refractivity contribution in [3.8, 4) is 0 Å². The second kappa shape index (κ2) is 6.03. The van der Waals surface area contributed by atoms with Gasteiger partial charge >= 0.3 is 0 Å². The average Bonchev–Trinajstić information content (AvgIpc) is 2.77. The lowest BCUT2D eigenvalue weighted by Gasteiger charge is -2.24.